The van der Waals surface area contributed by atoms with Crippen molar-refractivity contribution in [3.63, 3.8) is 0 Å². The van der Waals surface area contributed by atoms with Crippen LogP contribution in [0.2, 0.25) is 0 Å². The van der Waals surface area contributed by atoms with Crippen molar-refractivity contribution < 1.29 is 14.6 Å². The molecule has 0 aromatic heterocycles. The molecule has 3 unspecified atom stereocenters. The van der Waals surface area contributed by atoms with Gasteiger partial charge in [-0.25, -0.2) is 4.79 Å². The summed E-state index contributed by atoms with van der Waals surface area (Å²) in [5, 5.41) is 16.2. The number of ether oxygens (including phenoxy) is 1. The lowest BCUT2D eigenvalue weighted by Gasteiger charge is -2.25. The number of amides is 1. The molecule has 1 saturated carbocycles. The van der Waals surface area contributed by atoms with Crippen molar-refractivity contribution in [2.45, 2.75) is 71.6 Å². The fourth-order valence-corrected chi connectivity index (χ4v) is 2.59. The maximum Gasteiger partial charge on any atom is 0.407 e. The van der Waals surface area contributed by atoms with E-state index in [2.05, 4.69) is 10.6 Å². The Morgan fingerprint density at radius 2 is 2.00 bits per heavy atom. The minimum Gasteiger partial charge on any atom is -0.444 e. The third kappa shape index (κ3) is 7.14. The summed E-state index contributed by atoms with van der Waals surface area (Å²) in [7, 11) is 0. The van der Waals surface area contributed by atoms with E-state index in [1.165, 1.54) is 0 Å². The summed E-state index contributed by atoms with van der Waals surface area (Å²) in [4.78, 5) is 11.7. The van der Waals surface area contributed by atoms with Gasteiger partial charge in [-0.05, 0) is 45.4 Å². The molecule has 5 nitrogen and oxygen atoms in total. The molecule has 0 aromatic carbocycles. The van der Waals surface area contributed by atoms with Crippen molar-refractivity contribution in [3.8, 4) is 0 Å². The van der Waals surface area contributed by atoms with Crippen LogP contribution in [0.25, 0.3) is 0 Å². The van der Waals surface area contributed by atoms with E-state index in [0.29, 0.717) is 25.0 Å². The standard InChI is InChI=1S/C16H32N2O3/c1-11(2)14(19)10-17-13-8-6-7-12(13)9-18-15(20)21-16(3,4)5/h11-14,17,19H,6-10H2,1-5H3,(H,18,20). The zero-order valence-electron chi connectivity index (χ0n) is 14.1. The first-order valence-electron chi connectivity index (χ1n) is 8.07. The number of rotatable bonds is 6. The monoisotopic (exact) mass is 300 g/mol. The highest BCUT2D eigenvalue weighted by Crippen LogP contribution is 2.25. The number of carbonyl (C=O) groups is 1. The maximum atomic E-state index is 11.7. The topological polar surface area (TPSA) is 70.6 Å². The smallest absolute Gasteiger partial charge is 0.407 e. The van der Waals surface area contributed by atoms with Crippen molar-refractivity contribution >= 4 is 6.09 Å². The van der Waals surface area contributed by atoms with E-state index in [1.807, 2.05) is 34.6 Å². The predicted molar refractivity (Wildman–Crippen MR) is 84.2 cm³/mol. The van der Waals surface area contributed by atoms with Crippen LogP contribution in [-0.2, 0) is 4.74 Å². The fourth-order valence-electron chi connectivity index (χ4n) is 2.59. The fraction of sp³-hybridized carbons (Fsp3) is 0.938. The minimum absolute atomic E-state index is 0.261. The molecule has 1 fully saturated rings. The lowest BCUT2D eigenvalue weighted by atomic mass is 10.0. The lowest BCUT2D eigenvalue weighted by molar-refractivity contribution is 0.0516. The van der Waals surface area contributed by atoms with Crippen molar-refractivity contribution in [3.05, 3.63) is 0 Å². The minimum atomic E-state index is -0.460. The van der Waals surface area contributed by atoms with Crippen LogP contribution in [0.3, 0.4) is 0 Å². The second-order valence-corrected chi connectivity index (χ2v) is 7.40. The lowest BCUT2D eigenvalue weighted by Crippen LogP contribution is -2.43. The Morgan fingerprint density at radius 1 is 1.33 bits per heavy atom. The maximum absolute atomic E-state index is 11.7. The average Bonchev–Trinajstić information content (AvgIpc) is 2.78. The van der Waals surface area contributed by atoms with E-state index in [0.717, 1.165) is 19.3 Å². The van der Waals surface area contributed by atoms with E-state index in [9.17, 15) is 9.90 Å². The molecule has 0 bridgehead atoms. The van der Waals surface area contributed by atoms with Crippen LogP contribution in [0.5, 0.6) is 0 Å². The Morgan fingerprint density at radius 3 is 2.57 bits per heavy atom. The molecule has 124 valence electrons. The Labute approximate surface area is 128 Å². The van der Waals surface area contributed by atoms with Gasteiger partial charge in [0, 0.05) is 19.1 Å². The molecule has 3 N–H and O–H groups in total. The molecule has 1 rings (SSSR count). The highest BCUT2D eigenvalue weighted by Gasteiger charge is 2.28. The van der Waals surface area contributed by atoms with Gasteiger partial charge in [-0.3, -0.25) is 0 Å². The van der Waals surface area contributed by atoms with Gasteiger partial charge in [-0.2, -0.15) is 0 Å². The Bertz CT molecular complexity index is 326. The molecule has 21 heavy (non-hydrogen) atoms. The summed E-state index contributed by atoms with van der Waals surface area (Å²) in [5.74, 6) is 0.675. The quantitative estimate of drug-likeness (QED) is 0.704. The van der Waals surface area contributed by atoms with Crippen LogP contribution in [0.15, 0.2) is 0 Å². The Hall–Kier alpha value is -0.810. The zero-order valence-corrected chi connectivity index (χ0v) is 14.1. The first kappa shape index (κ1) is 18.2. The summed E-state index contributed by atoms with van der Waals surface area (Å²) in [5.41, 5.74) is -0.460. The van der Waals surface area contributed by atoms with E-state index in [-0.39, 0.29) is 18.1 Å². The van der Waals surface area contributed by atoms with Gasteiger partial charge in [0.2, 0.25) is 0 Å². The van der Waals surface area contributed by atoms with E-state index in [4.69, 9.17) is 4.74 Å². The molecule has 0 aliphatic heterocycles. The second-order valence-electron chi connectivity index (χ2n) is 7.40. The number of nitrogens with one attached hydrogen (secondary N) is 2. The largest absolute Gasteiger partial charge is 0.444 e. The first-order chi connectivity index (χ1) is 9.69. The molecule has 1 aliphatic carbocycles. The highest BCUT2D eigenvalue weighted by atomic mass is 16.6. The van der Waals surface area contributed by atoms with Crippen LogP contribution in [0.1, 0.15) is 53.9 Å². The van der Waals surface area contributed by atoms with Crippen LogP contribution >= 0.6 is 0 Å². The van der Waals surface area contributed by atoms with E-state index >= 15 is 0 Å². The number of aliphatic hydroxyl groups is 1. The molecular weight excluding hydrogens is 268 g/mol. The summed E-state index contributed by atoms with van der Waals surface area (Å²) in [6.07, 6.45) is 2.70. The van der Waals surface area contributed by atoms with Gasteiger partial charge in [0.25, 0.3) is 0 Å². The molecule has 3 atom stereocenters. The normalized spacial score (nSPS) is 24.1. The van der Waals surface area contributed by atoms with Crippen LogP contribution in [0, 0.1) is 11.8 Å². The third-order valence-corrected chi connectivity index (χ3v) is 3.93. The van der Waals surface area contributed by atoms with Gasteiger partial charge < -0.3 is 20.5 Å². The second kappa shape index (κ2) is 7.99. The highest BCUT2D eigenvalue weighted by molar-refractivity contribution is 5.67. The van der Waals surface area contributed by atoms with Crippen LogP contribution in [0.4, 0.5) is 4.79 Å². The van der Waals surface area contributed by atoms with Gasteiger partial charge in [-0.15, -0.1) is 0 Å². The van der Waals surface area contributed by atoms with Crippen molar-refractivity contribution in [1.29, 1.82) is 0 Å². The van der Waals surface area contributed by atoms with Crippen molar-refractivity contribution in [1.82, 2.24) is 10.6 Å². The van der Waals surface area contributed by atoms with E-state index < -0.39 is 5.60 Å². The van der Waals surface area contributed by atoms with Gasteiger partial charge in [-0.1, -0.05) is 20.3 Å². The number of alkyl carbamates (subject to hydrolysis) is 1. The molecule has 1 aliphatic rings. The molecule has 0 saturated heterocycles. The van der Waals surface area contributed by atoms with E-state index in [1.54, 1.807) is 0 Å². The summed E-state index contributed by atoms with van der Waals surface area (Å²) in [6.45, 7) is 10.9. The summed E-state index contributed by atoms with van der Waals surface area (Å²) in [6, 6.07) is 0.369. The average molecular weight is 300 g/mol. The van der Waals surface area contributed by atoms with Crippen molar-refractivity contribution in [2.75, 3.05) is 13.1 Å². The van der Waals surface area contributed by atoms with Gasteiger partial charge in [0.1, 0.15) is 5.60 Å². The van der Waals surface area contributed by atoms with Crippen LogP contribution in [-0.4, -0.2) is 42.0 Å². The molecule has 0 radical (unpaired) electrons. The van der Waals surface area contributed by atoms with Crippen LogP contribution < -0.4 is 10.6 Å². The van der Waals surface area contributed by atoms with Gasteiger partial charge >= 0.3 is 6.09 Å². The number of hydrogen-bond acceptors (Lipinski definition) is 4. The van der Waals surface area contributed by atoms with Crippen molar-refractivity contribution in [2.24, 2.45) is 11.8 Å². The number of carbonyl (C=O) groups excluding carboxylic acids is 1. The Balaban J connectivity index is 2.32. The molecule has 0 spiro atoms. The molecular formula is C16H32N2O3. The van der Waals surface area contributed by atoms with Gasteiger partial charge in [0.05, 0.1) is 6.10 Å². The molecule has 0 aromatic rings. The summed E-state index contributed by atoms with van der Waals surface area (Å²) < 4.78 is 5.25. The van der Waals surface area contributed by atoms with Gasteiger partial charge in [0.15, 0.2) is 0 Å². The molecule has 5 heteroatoms. The number of hydrogen-bond donors (Lipinski definition) is 3. The SMILES string of the molecule is CC(C)C(O)CNC1CCCC1CNC(=O)OC(C)(C)C. The zero-order chi connectivity index (χ0) is 16.0. The Kier molecular flexibility index (Phi) is 6.94. The number of aliphatic hydroxyl groups excluding tert-OH is 1. The third-order valence-electron chi connectivity index (χ3n) is 3.93. The predicted octanol–water partition coefficient (Wildman–Crippen LogP) is 2.29. The molecule has 0 heterocycles. The first-order valence-corrected chi connectivity index (χ1v) is 8.07. The molecule has 1 amide bonds. The summed E-state index contributed by atoms with van der Waals surface area (Å²) >= 11 is 0.